The summed E-state index contributed by atoms with van der Waals surface area (Å²) in [6, 6.07) is 0. The molecular weight excluding hydrogens is 190 g/mol. The van der Waals surface area contributed by atoms with Gasteiger partial charge in [-0.05, 0) is 33.1 Å². The third-order valence-corrected chi connectivity index (χ3v) is 2.91. The molecule has 4 heteroatoms. The Labute approximate surface area is 93.2 Å². The van der Waals surface area contributed by atoms with Gasteiger partial charge in [0.25, 0.3) is 0 Å². The molecule has 0 radical (unpaired) electrons. The largest absolute Gasteiger partial charge is 0.390 e. The van der Waals surface area contributed by atoms with E-state index < -0.39 is 0 Å². The normalized spacial score (nSPS) is 22.6. The zero-order valence-electron chi connectivity index (χ0n) is 10.1. The van der Waals surface area contributed by atoms with Crippen LogP contribution >= 0.6 is 0 Å². The summed E-state index contributed by atoms with van der Waals surface area (Å²) >= 11 is 0. The van der Waals surface area contributed by atoms with Crippen LogP contribution < -0.4 is 5.32 Å². The van der Waals surface area contributed by atoms with Gasteiger partial charge in [-0.3, -0.25) is 4.90 Å². The van der Waals surface area contributed by atoms with Gasteiger partial charge in [-0.25, -0.2) is 0 Å². The molecule has 0 amide bonds. The number of likely N-dealkylation sites (N-methyl/N-ethyl adjacent to an activating group) is 2. The Hall–Kier alpha value is -0.160. The zero-order valence-corrected chi connectivity index (χ0v) is 10.1. The summed E-state index contributed by atoms with van der Waals surface area (Å²) in [4.78, 5) is 4.72. The molecule has 1 heterocycles. The Kier molecular flexibility index (Phi) is 6.17. The zero-order chi connectivity index (χ0) is 11.1. The minimum absolute atomic E-state index is 0.228. The molecule has 0 aromatic carbocycles. The van der Waals surface area contributed by atoms with Crippen LogP contribution in [0.5, 0.6) is 0 Å². The van der Waals surface area contributed by atoms with Gasteiger partial charge < -0.3 is 15.3 Å². The van der Waals surface area contributed by atoms with Crippen LogP contribution in [0.25, 0.3) is 0 Å². The Balaban J connectivity index is 2.18. The summed E-state index contributed by atoms with van der Waals surface area (Å²) in [5.41, 5.74) is 0. The van der Waals surface area contributed by atoms with E-state index in [1.165, 1.54) is 13.0 Å². The molecule has 0 spiro atoms. The Morgan fingerprint density at radius 2 is 2.07 bits per heavy atom. The lowest BCUT2D eigenvalue weighted by atomic mass is 10.3. The van der Waals surface area contributed by atoms with Gasteiger partial charge in [-0.2, -0.15) is 0 Å². The molecule has 1 atom stereocenters. The maximum Gasteiger partial charge on any atom is 0.0791 e. The predicted octanol–water partition coefficient (Wildman–Crippen LogP) is -0.406. The molecule has 1 unspecified atom stereocenters. The Morgan fingerprint density at radius 1 is 1.27 bits per heavy atom. The molecule has 15 heavy (non-hydrogen) atoms. The van der Waals surface area contributed by atoms with Crippen molar-refractivity contribution in [2.24, 2.45) is 0 Å². The van der Waals surface area contributed by atoms with Crippen LogP contribution in [-0.4, -0.2) is 73.9 Å². The molecule has 0 aromatic heterocycles. The van der Waals surface area contributed by atoms with Crippen LogP contribution in [0, 0.1) is 0 Å². The number of rotatable bonds is 5. The van der Waals surface area contributed by atoms with Crippen LogP contribution in [0.4, 0.5) is 0 Å². The average molecular weight is 215 g/mol. The van der Waals surface area contributed by atoms with Crippen molar-refractivity contribution in [2.45, 2.75) is 19.4 Å². The number of nitrogens with zero attached hydrogens (tertiary/aromatic N) is 2. The molecule has 1 saturated heterocycles. The maximum atomic E-state index is 9.77. The lowest BCUT2D eigenvalue weighted by molar-refractivity contribution is 0.114. The topological polar surface area (TPSA) is 38.7 Å². The molecule has 1 aliphatic heterocycles. The summed E-state index contributed by atoms with van der Waals surface area (Å²) in [5, 5.41) is 12.9. The summed E-state index contributed by atoms with van der Waals surface area (Å²) < 4.78 is 0. The van der Waals surface area contributed by atoms with Crippen LogP contribution in [0.1, 0.15) is 13.3 Å². The summed E-state index contributed by atoms with van der Waals surface area (Å²) in [6.45, 7) is 9.01. The average Bonchev–Trinajstić information content (AvgIpc) is 2.41. The highest BCUT2D eigenvalue weighted by Gasteiger charge is 2.14. The van der Waals surface area contributed by atoms with Gasteiger partial charge in [-0.1, -0.05) is 6.92 Å². The van der Waals surface area contributed by atoms with Crippen LogP contribution in [-0.2, 0) is 0 Å². The molecule has 0 saturated carbocycles. The second kappa shape index (κ2) is 7.17. The van der Waals surface area contributed by atoms with E-state index in [1.54, 1.807) is 0 Å². The maximum absolute atomic E-state index is 9.77. The van der Waals surface area contributed by atoms with E-state index in [1.807, 2.05) is 0 Å². The number of aliphatic hydroxyl groups is 1. The quantitative estimate of drug-likeness (QED) is 0.654. The fraction of sp³-hybridized carbons (Fsp3) is 1.00. The number of hydrogen-bond donors (Lipinski definition) is 2. The van der Waals surface area contributed by atoms with Gasteiger partial charge in [0.15, 0.2) is 0 Å². The van der Waals surface area contributed by atoms with E-state index in [2.05, 4.69) is 29.1 Å². The first-order valence-corrected chi connectivity index (χ1v) is 6.02. The minimum atomic E-state index is -0.228. The van der Waals surface area contributed by atoms with Crippen LogP contribution in [0.2, 0.25) is 0 Å². The van der Waals surface area contributed by atoms with E-state index >= 15 is 0 Å². The number of aliphatic hydroxyl groups excluding tert-OH is 1. The molecule has 2 N–H and O–H groups in total. The minimum Gasteiger partial charge on any atom is -0.390 e. The molecule has 90 valence electrons. The number of hydrogen-bond acceptors (Lipinski definition) is 4. The molecule has 1 fully saturated rings. The van der Waals surface area contributed by atoms with Crippen molar-refractivity contribution in [1.29, 1.82) is 0 Å². The molecule has 0 aliphatic carbocycles. The third kappa shape index (κ3) is 5.47. The van der Waals surface area contributed by atoms with Crippen molar-refractivity contribution >= 4 is 0 Å². The van der Waals surface area contributed by atoms with Crippen molar-refractivity contribution in [3.63, 3.8) is 0 Å². The van der Waals surface area contributed by atoms with Gasteiger partial charge in [0.05, 0.1) is 6.10 Å². The second-order valence-electron chi connectivity index (χ2n) is 4.42. The van der Waals surface area contributed by atoms with Gasteiger partial charge in [0.2, 0.25) is 0 Å². The molecule has 0 bridgehead atoms. The molecular formula is C11H25N3O. The summed E-state index contributed by atoms with van der Waals surface area (Å²) in [5.74, 6) is 0. The first-order valence-electron chi connectivity index (χ1n) is 6.02. The van der Waals surface area contributed by atoms with Crippen LogP contribution in [0.3, 0.4) is 0 Å². The van der Waals surface area contributed by atoms with Gasteiger partial charge in [0.1, 0.15) is 0 Å². The summed E-state index contributed by atoms with van der Waals surface area (Å²) in [6.07, 6.45) is 0.984. The lowest BCUT2D eigenvalue weighted by Gasteiger charge is -2.23. The third-order valence-electron chi connectivity index (χ3n) is 2.91. The van der Waals surface area contributed by atoms with E-state index in [4.69, 9.17) is 0 Å². The number of β-amino-alcohol motifs (C(OH)–C–C–N with tert-alkyl or cyclic N) is 1. The van der Waals surface area contributed by atoms with Crippen molar-refractivity contribution < 1.29 is 5.11 Å². The van der Waals surface area contributed by atoms with Gasteiger partial charge >= 0.3 is 0 Å². The first-order chi connectivity index (χ1) is 7.22. The van der Waals surface area contributed by atoms with Gasteiger partial charge in [-0.15, -0.1) is 0 Å². The predicted molar refractivity (Wildman–Crippen MR) is 63.1 cm³/mol. The van der Waals surface area contributed by atoms with E-state index in [0.29, 0.717) is 6.54 Å². The summed E-state index contributed by atoms with van der Waals surface area (Å²) in [7, 11) is 2.17. The Bertz CT molecular complexity index is 166. The molecule has 1 rings (SSSR count). The fourth-order valence-electron chi connectivity index (χ4n) is 1.96. The standard InChI is InChI=1S/C11H25N3O/c1-3-12-9-11(15)10-14-6-4-5-13(2)7-8-14/h11-12,15H,3-10H2,1-2H3. The van der Waals surface area contributed by atoms with E-state index in [0.717, 1.165) is 32.7 Å². The van der Waals surface area contributed by atoms with Gasteiger partial charge in [0, 0.05) is 26.2 Å². The molecule has 4 nitrogen and oxygen atoms in total. The smallest absolute Gasteiger partial charge is 0.0791 e. The number of nitrogens with one attached hydrogen (secondary N) is 1. The van der Waals surface area contributed by atoms with E-state index in [9.17, 15) is 5.11 Å². The van der Waals surface area contributed by atoms with Crippen molar-refractivity contribution in [1.82, 2.24) is 15.1 Å². The lowest BCUT2D eigenvalue weighted by Crippen LogP contribution is -2.39. The highest BCUT2D eigenvalue weighted by atomic mass is 16.3. The monoisotopic (exact) mass is 215 g/mol. The fourth-order valence-corrected chi connectivity index (χ4v) is 1.96. The van der Waals surface area contributed by atoms with Crippen LogP contribution in [0.15, 0.2) is 0 Å². The highest BCUT2D eigenvalue weighted by molar-refractivity contribution is 4.71. The van der Waals surface area contributed by atoms with Crippen molar-refractivity contribution in [2.75, 3.05) is 52.9 Å². The van der Waals surface area contributed by atoms with Crippen molar-refractivity contribution in [3.05, 3.63) is 0 Å². The van der Waals surface area contributed by atoms with E-state index in [-0.39, 0.29) is 6.10 Å². The molecule has 1 aliphatic rings. The second-order valence-corrected chi connectivity index (χ2v) is 4.42. The highest BCUT2D eigenvalue weighted by Crippen LogP contribution is 2.01. The van der Waals surface area contributed by atoms with Crippen molar-refractivity contribution in [3.8, 4) is 0 Å². The SMILES string of the molecule is CCNCC(O)CN1CCCN(C)CC1. The first kappa shape index (κ1) is 12.9. The Morgan fingerprint density at radius 3 is 2.80 bits per heavy atom. The molecule has 0 aromatic rings.